The van der Waals surface area contributed by atoms with Crippen LogP contribution in [-0.2, 0) is 17.8 Å². The number of aryl methyl sites for hydroxylation is 1. The van der Waals surface area contributed by atoms with Crippen molar-refractivity contribution in [2.45, 2.75) is 31.4 Å². The number of carboxylic acids is 1. The highest BCUT2D eigenvalue weighted by molar-refractivity contribution is 8.00. The predicted octanol–water partition coefficient (Wildman–Crippen LogP) is 3.95. The van der Waals surface area contributed by atoms with Crippen LogP contribution in [0.15, 0.2) is 46.2 Å². The molecular formula is C20H20N2O4S2. The molecule has 0 spiro atoms. The SMILES string of the molecule is Cc1oc(-c2cccs2)nc1COc1ccc(C[C@@H]2NC(C(=O)O)CS2)cc1. The minimum Gasteiger partial charge on any atom is -0.487 e. The fraction of sp³-hybridized carbons (Fsp3) is 0.300. The Morgan fingerprint density at radius 2 is 2.18 bits per heavy atom. The maximum atomic E-state index is 11.0. The number of nitrogens with one attached hydrogen (secondary N) is 1. The minimum absolute atomic E-state index is 0.126. The lowest BCUT2D eigenvalue weighted by molar-refractivity contribution is -0.138. The van der Waals surface area contributed by atoms with E-state index in [4.69, 9.17) is 14.3 Å². The normalized spacial score (nSPS) is 19.0. The highest BCUT2D eigenvalue weighted by Gasteiger charge is 2.29. The average Bonchev–Trinajstić information content (AvgIpc) is 3.42. The van der Waals surface area contributed by atoms with Gasteiger partial charge in [0.05, 0.1) is 10.3 Å². The Balaban J connectivity index is 1.32. The van der Waals surface area contributed by atoms with E-state index in [-0.39, 0.29) is 5.37 Å². The van der Waals surface area contributed by atoms with Crippen molar-refractivity contribution in [3.05, 3.63) is 58.8 Å². The van der Waals surface area contributed by atoms with Crippen LogP contribution < -0.4 is 10.1 Å². The average molecular weight is 417 g/mol. The second-order valence-electron chi connectivity index (χ2n) is 6.52. The van der Waals surface area contributed by atoms with E-state index in [1.165, 1.54) is 0 Å². The highest BCUT2D eigenvalue weighted by atomic mass is 32.2. The summed E-state index contributed by atoms with van der Waals surface area (Å²) in [6, 6.07) is 11.4. The fourth-order valence-corrected chi connectivity index (χ4v) is 4.83. The molecule has 1 fully saturated rings. The lowest BCUT2D eigenvalue weighted by Crippen LogP contribution is -2.37. The summed E-state index contributed by atoms with van der Waals surface area (Å²) in [5.41, 5.74) is 1.93. The summed E-state index contributed by atoms with van der Waals surface area (Å²) in [6.45, 7) is 2.24. The van der Waals surface area contributed by atoms with Gasteiger partial charge in [0.15, 0.2) is 0 Å². The van der Waals surface area contributed by atoms with Crippen LogP contribution in [0.3, 0.4) is 0 Å². The van der Waals surface area contributed by atoms with Crippen molar-refractivity contribution in [2.75, 3.05) is 5.75 Å². The molecule has 0 radical (unpaired) electrons. The third-order valence-electron chi connectivity index (χ3n) is 4.49. The molecule has 2 N–H and O–H groups in total. The maximum absolute atomic E-state index is 11.0. The maximum Gasteiger partial charge on any atom is 0.321 e. The number of thioether (sulfide) groups is 1. The van der Waals surface area contributed by atoms with Crippen LogP contribution in [0.4, 0.5) is 0 Å². The van der Waals surface area contributed by atoms with E-state index in [1.54, 1.807) is 23.1 Å². The van der Waals surface area contributed by atoms with Gasteiger partial charge >= 0.3 is 5.97 Å². The van der Waals surface area contributed by atoms with Crippen molar-refractivity contribution in [3.63, 3.8) is 0 Å². The van der Waals surface area contributed by atoms with Crippen LogP contribution in [-0.4, -0.2) is 33.2 Å². The number of rotatable bonds is 7. The molecule has 6 nitrogen and oxygen atoms in total. The van der Waals surface area contributed by atoms with Crippen molar-refractivity contribution in [1.82, 2.24) is 10.3 Å². The molecule has 1 unspecified atom stereocenters. The van der Waals surface area contributed by atoms with Crippen molar-refractivity contribution >= 4 is 29.1 Å². The van der Waals surface area contributed by atoms with Gasteiger partial charge in [-0.2, -0.15) is 0 Å². The van der Waals surface area contributed by atoms with Crippen LogP contribution >= 0.6 is 23.1 Å². The first kappa shape index (κ1) is 19.0. The molecule has 3 heterocycles. The highest BCUT2D eigenvalue weighted by Crippen LogP contribution is 2.27. The van der Waals surface area contributed by atoms with Gasteiger partial charge in [-0.05, 0) is 42.5 Å². The molecule has 1 aromatic carbocycles. The molecule has 0 saturated carbocycles. The van der Waals surface area contributed by atoms with E-state index < -0.39 is 12.0 Å². The summed E-state index contributed by atoms with van der Waals surface area (Å²) < 4.78 is 11.6. The molecule has 1 saturated heterocycles. The first-order valence-electron chi connectivity index (χ1n) is 8.91. The Labute approximate surface area is 170 Å². The number of hydrogen-bond acceptors (Lipinski definition) is 7. The number of ether oxygens (including phenoxy) is 1. The summed E-state index contributed by atoms with van der Waals surface area (Å²) >= 11 is 3.24. The number of aromatic nitrogens is 1. The van der Waals surface area contributed by atoms with Gasteiger partial charge in [-0.15, -0.1) is 23.1 Å². The van der Waals surface area contributed by atoms with Gasteiger partial charge in [0, 0.05) is 5.75 Å². The van der Waals surface area contributed by atoms with E-state index in [0.717, 1.165) is 34.1 Å². The number of hydrogen-bond donors (Lipinski definition) is 2. The van der Waals surface area contributed by atoms with Crippen LogP contribution in [0.2, 0.25) is 0 Å². The Bertz CT molecular complexity index is 938. The smallest absolute Gasteiger partial charge is 0.321 e. The first-order valence-corrected chi connectivity index (χ1v) is 10.8. The lowest BCUT2D eigenvalue weighted by atomic mass is 10.1. The number of aliphatic carboxylic acids is 1. The zero-order valence-corrected chi connectivity index (χ0v) is 16.9. The van der Waals surface area contributed by atoms with Crippen molar-refractivity contribution in [1.29, 1.82) is 0 Å². The van der Waals surface area contributed by atoms with E-state index in [0.29, 0.717) is 18.3 Å². The molecule has 2 aromatic heterocycles. The van der Waals surface area contributed by atoms with Gasteiger partial charge in [-0.25, -0.2) is 4.98 Å². The number of thiophene rings is 1. The quantitative estimate of drug-likeness (QED) is 0.603. The summed E-state index contributed by atoms with van der Waals surface area (Å²) in [4.78, 5) is 16.6. The number of carboxylic acid groups (broad SMARTS) is 1. The van der Waals surface area contributed by atoms with Crippen LogP contribution in [0.25, 0.3) is 10.8 Å². The Morgan fingerprint density at radius 1 is 1.36 bits per heavy atom. The van der Waals surface area contributed by atoms with Crippen molar-refractivity contribution < 1.29 is 19.1 Å². The molecule has 1 aliphatic heterocycles. The van der Waals surface area contributed by atoms with Gasteiger partial charge in [0.2, 0.25) is 5.89 Å². The summed E-state index contributed by atoms with van der Waals surface area (Å²) in [6.07, 6.45) is 0.779. The van der Waals surface area contributed by atoms with Gasteiger partial charge < -0.3 is 14.3 Å². The molecule has 0 aliphatic carbocycles. The Kier molecular flexibility index (Phi) is 5.70. The largest absolute Gasteiger partial charge is 0.487 e. The number of carbonyl (C=O) groups is 1. The van der Waals surface area contributed by atoms with E-state index in [9.17, 15) is 4.79 Å². The van der Waals surface area contributed by atoms with Gasteiger partial charge in [-0.1, -0.05) is 18.2 Å². The van der Waals surface area contributed by atoms with Gasteiger partial charge in [0.1, 0.15) is 29.9 Å². The van der Waals surface area contributed by atoms with Crippen LogP contribution in [0.1, 0.15) is 17.0 Å². The molecule has 146 valence electrons. The molecular weight excluding hydrogens is 396 g/mol. The topological polar surface area (TPSA) is 84.6 Å². The zero-order valence-electron chi connectivity index (χ0n) is 15.3. The van der Waals surface area contributed by atoms with E-state index >= 15 is 0 Å². The second kappa shape index (κ2) is 8.38. The first-order chi connectivity index (χ1) is 13.6. The molecule has 1 aliphatic rings. The monoisotopic (exact) mass is 416 g/mol. The summed E-state index contributed by atoms with van der Waals surface area (Å²) in [5, 5.41) is 14.3. The number of oxazole rings is 1. The summed E-state index contributed by atoms with van der Waals surface area (Å²) in [7, 11) is 0. The Hall–Kier alpha value is -2.29. The second-order valence-corrected chi connectivity index (χ2v) is 8.70. The molecule has 0 amide bonds. The number of nitrogens with zero attached hydrogens (tertiary/aromatic N) is 1. The van der Waals surface area contributed by atoms with Crippen LogP contribution in [0.5, 0.6) is 5.75 Å². The van der Waals surface area contributed by atoms with Crippen LogP contribution in [0, 0.1) is 6.92 Å². The molecule has 0 bridgehead atoms. The van der Waals surface area contributed by atoms with E-state index in [1.807, 2.05) is 48.7 Å². The van der Waals surface area contributed by atoms with Crippen molar-refractivity contribution in [3.8, 4) is 16.5 Å². The predicted molar refractivity (Wildman–Crippen MR) is 110 cm³/mol. The molecule has 2 atom stereocenters. The molecule has 4 rings (SSSR count). The zero-order chi connectivity index (χ0) is 19.5. The van der Waals surface area contributed by atoms with Crippen molar-refractivity contribution in [2.24, 2.45) is 0 Å². The molecule has 8 heteroatoms. The minimum atomic E-state index is -0.788. The Morgan fingerprint density at radius 3 is 2.86 bits per heavy atom. The van der Waals surface area contributed by atoms with Gasteiger partial charge in [0.25, 0.3) is 0 Å². The third-order valence-corrected chi connectivity index (χ3v) is 6.58. The summed E-state index contributed by atoms with van der Waals surface area (Å²) in [5.74, 6) is 1.97. The van der Waals surface area contributed by atoms with Gasteiger partial charge in [-0.3, -0.25) is 10.1 Å². The lowest BCUT2D eigenvalue weighted by Gasteiger charge is -2.11. The fourth-order valence-electron chi connectivity index (χ4n) is 2.95. The standard InChI is InChI=1S/C20H20N2O4S2/c1-12-15(22-19(26-12)17-3-2-8-27-17)10-25-14-6-4-13(5-7-14)9-18-21-16(11-28-18)20(23)24/h2-8,16,18,21H,9-11H2,1H3,(H,23,24)/t16?,18-/m1/s1. The number of benzene rings is 1. The molecule has 3 aromatic rings. The third kappa shape index (κ3) is 4.40. The van der Waals surface area contributed by atoms with E-state index in [2.05, 4.69) is 10.3 Å². The molecule has 28 heavy (non-hydrogen) atoms.